The lowest BCUT2D eigenvalue weighted by Crippen LogP contribution is -1.96. The maximum Gasteiger partial charge on any atom is 0.185 e. The summed E-state index contributed by atoms with van der Waals surface area (Å²) >= 11 is 0. The summed E-state index contributed by atoms with van der Waals surface area (Å²) in [5, 5.41) is 8.72. The van der Waals surface area contributed by atoms with Crippen molar-refractivity contribution >= 4 is 0 Å². The van der Waals surface area contributed by atoms with Crippen LogP contribution >= 0.6 is 0 Å². The van der Waals surface area contributed by atoms with Crippen molar-refractivity contribution in [3.8, 4) is 17.3 Å². The molecule has 0 aliphatic rings. The molecule has 0 N–H and O–H groups in total. The zero-order chi connectivity index (χ0) is 13.0. The summed E-state index contributed by atoms with van der Waals surface area (Å²) in [7, 11) is 0. The van der Waals surface area contributed by atoms with E-state index in [2.05, 4.69) is 16.9 Å². The number of nitrogens with zero attached hydrogens (tertiary/aromatic N) is 3. The van der Waals surface area contributed by atoms with Crippen molar-refractivity contribution in [2.45, 2.75) is 19.8 Å². The lowest BCUT2D eigenvalue weighted by Gasteiger charge is -2.04. The van der Waals surface area contributed by atoms with Crippen molar-refractivity contribution in [1.29, 1.82) is 5.26 Å². The van der Waals surface area contributed by atoms with Gasteiger partial charge in [0.15, 0.2) is 11.5 Å². The van der Waals surface area contributed by atoms with E-state index in [9.17, 15) is 4.39 Å². The molecule has 0 saturated carbocycles. The highest BCUT2D eigenvalue weighted by Crippen LogP contribution is 2.21. The zero-order valence-corrected chi connectivity index (χ0v) is 10.0. The SMILES string of the molecule is CCCc1ccc(-c2ncnc(C#N)c2F)cc1. The Bertz CT molecular complexity index is 585. The molecular formula is C14H12FN3. The molecule has 0 aliphatic carbocycles. The third kappa shape index (κ3) is 2.35. The normalized spacial score (nSPS) is 10.1. The smallest absolute Gasteiger partial charge is 0.185 e. The van der Waals surface area contributed by atoms with Crippen LogP contribution < -0.4 is 0 Å². The van der Waals surface area contributed by atoms with Gasteiger partial charge in [-0.1, -0.05) is 37.6 Å². The van der Waals surface area contributed by atoms with Gasteiger partial charge in [0.2, 0.25) is 0 Å². The van der Waals surface area contributed by atoms with Gasteiger partial charge < -0.3 is 0 Å². The lowest BCUT2D eigenvalue weighted by atomic mass is 10.1. The maximum absolute atomic E-state index is 13.9. The molecule has 0 aliphatic heterocycles. The first kappa shape index (κ1) is 12.2. The highest BCUT2D eigenvalue weighted by molar-refractivity contribution is 5.61. The Morgan fingerprint density at radius 2 is 1.94 bits per heavy atom. The quantitative estimate of drug-likeness (QED) is 0.829. The average Bonchev–Trinajstić information content (AvgIpc) is 2.41. The lowest BCUT2D eigenvalue weighted by molar-refractivity contribution is 0.613. The second-order valence-electron chi connectivity index (χ2n) is 3.94. The van der Waals surface area contributed by atoms with Crippen molar-refractivity contribution in [2.24, 2.45) is 0 Å². The van der Waals surface area contributed by atoms with E-state index in [1.54, 1.807) is 6.07 Å². The second-order valence-corrected chi connectivity index (χ2v) is 3.94. The van der Waals surface area contributed by atoms with Gasteiger partial charge in [-0.25, -0.2) is 14.4 Å². The van der Waals surface area contributed by atoms with E-state index >= 15 is 0 Å². The summed E-state index contributed by atoms with van der Waals surface area (Å²) in [5.74, 6) is -0.664. The Morgan fingerprint density at radius 1 is 1.22 bits per heavy atom. The largest absolute Gasteiger partial charge is 0.233 e. The number of hydrogen-bond donors (Lipinski definition) is 0. The predicted octanol–water partition coefficient (Wildman–Crippen LogP) is 3.11. The number of rotatable bonds is 3. The number of halogens is 1. The molecular weight excluding hydrogens is 229 g/mol. The molecule has 0 bridgehead atoms. The summed E-state index contributed by atoms with van der Waals surface area (Å²) in [4.78, 5) is 7.48. The molecule has 90 valence electrons. The van der Waals surface area contributed by atoms with Crippen LogP contribution in [0.25, 0.3) is 11.3 Å². The molecule has 0 spiro atoms. The molecule has 0 amide bonds. The monoisotopic (exact) mass is 241 g/mol. The van der Waals surface area contributed by atoms with Gasteiger partial charge in [-0.3, -0.25) is 0 Å². The highest BCUT2D eigenvalue weighted by Gasteiger charge is 2.12. The Hall–Kier alpha value is -2.28. The van der Waals surface area contributed by atoms with Crippen molar-refractivity contribution in [3.63, 3.8) is 0 Å². The van der Waals surface area contributed by atoms with Crippen LogP contribution in [0.1, 0.15) is 24.6 Å². The van der Waals surface area contributed by atoms with Crippen LogP contribution in [0.2, 0.25) is 0 Å². The number of nitriles is 1. The van der Waals surface area contributed by atoms with Crippen LogP contribution in [0, 0.1) is 17.1 Å². The topological polar surface area (TPSA) is 49.6 Å². The van der Waals surface area contributed by atoms with Gasteiger partial charge in [-0.15, -0.1) is 0 Å². The van der Waals surface area contributed by atoms with E-state index in [1.165, 1.54) is 11.9 Å². The number of hydrogen-bond acceptors (Lipinski definition) is 3. The van der Waals surface area contributed by atoms with E-state index in [-0.39, 0.29) is 11.4 Å². The van der Waals surface area contributed by atoms with Crippen LogP contribution in [0.4, 0.5) is 4.39 Å². The van der Waals surface area contributed by atoms with Gasteiger partial charge in [0, 0.05) is 5.56 Å². The molecule has 0 radical (unpaired) electrons. The van der Waals surface area contributed by atoms with Gasteiger partial charge >= 0.3 is 0 Å². The Morgan fingerprint density at radius 3 is 2.56 bits per heavy atom. The van der Waals surface area contributed by atoms with E-state index in [0.29, 0.717) is 5.56 Å². The molecule has 1 aromatic heterocycles. The Labute approximate surface area is 105 Å². The number of aromatic nitrogens is 2. The molecule has 4 heteroatoms. The third-order valence-corrected chi connectivity index (χ3v) is 2.66. The highest BCUT2D eigenvalue weighted by atomic mass is 19.1. The standard InChI is InChI=1S/C14H12FN3/c1-2-3-10-4-6-11(7-5-10)14-13(15)12(8-16)17-9-18-14/h4-7,9H,2-3H2,1H3. The van der Waals surface area contributed by atoms with Gasteiger partial charge in [0.25, 0.3) is 0 Å². The van der Waals surface area contributed by atoms with Crippen molar-refractivity contribution in [2.75, 3.05) is 0 Å². The molecule has 2 aromatic rings. The fourth-order valence-corrected chi connectivity index (χ4v) is 1.77. The van der Waals surface area contributed by atoms with Crippen LogP contribution in [-0.4, -0.2) is 9.97 Å². The molecule has 3 nitrogen and oxygen atoms in total. The van der Waals surface area contributed by atoms with Gasteiger partial charge in [-0.2, -0.15) is 5.26 Å². The maximum atomic E-state index is 13.9. The van der Waals surface area contributed by atoms with Crippen molar-refractivity contribution < 1.29 is 4.39 Å². The number of aryl methyl sites for hydroxylation is 1. The first-order valence-corrected chi connectivity index (χ1v) is 5.76. The minimum Gasteiger partial charge on any atom is -0.233 e. The summed E-state index contributed by atoms with van der Waals surface area (Å²) in [6, 6.07) is 9.25. The minimum atomic E-state index is -0.664. The predicted molar refractivity (Wildman–Crippen MR) is 66.1 cm³/mol. The van der Waals surface area contributed by atoms with Crippen LogP contribution in [0.15, 0.2) is 30.6 Å². The van der Waals surface area contributed by atoms with Gasteiger partial charge in [0.05, 0.1) is 0 Å². The second kappa shape index (κ2) is 5.37. The third-order valence-electron chi connectivity index (χ3n) is 2.66. The molecule has 0 unspecified atom stereocenters. The summed E-state index contributed by atoms with van der Waals surface area (Å²) in [6.07, 6.45) is 3.27. The molecule has 2 rings (SSSR count). The fraction of sp³-hybridized carbons (Fsp3) is 0.214. The summed E-state index contributed by atoms with van der Waals surface area (Å²) in [6.45, 7) is 2.11. The van der Waals surface area contributed by atoms with Crippen LogP contribution in [0.5, 0.6) is 0 Å². The molecule has 0 atom stereocenters. The minimum absolute atomic E-state index is 0.171. The molecule has 1 heterocycles. The first-order valence-electron chi connectivity index (χ1n) is 5.76. The average molecular weight is 241 g/mol. The van der Waals surface area contributed by atoms with E-state index in [4.69, 9.17) is 5.26 Å². The van der Waals surface area contributed by atoms with Crippen molar-refractivity contribution in [1.82, 2.24) is 9.97 Å². The molecule has 0 saturated heterocycles. The molecule has 0 fully saturated rings. The van der Waals surface area contributed by atoms with E-state index < -0.39 is 5.82 Å². The summed E-state index contributed by atoms with van der Waals surface area (Å²) in [5.41, 5.74) is 1.81. The summed E-state index contributed by atoms with van der Waals surface area (Å²) < 4.78 is 13.9. The van der Waals surface area contributed by atoms with Gasteiger partial charge in [-0.05, 0) is 12.0 Å². The Kier molecular flexibility index (Phi) is 3.63. The van der Waals surface area contributed by atoms with E-state index in [1.807, 2.05) is 24.3 Å². The van der Waals surface area contributed by atoms with E-state index in [0.717, 1.165) is 12.8 Å². The zero-order valence-electron chi connectivity index (χ0n) is 10.0. The first-order chi connectivity index (χ1) is 8.76. The molecule has 18 heavy (non-hydrogen) atoms. The van der Waals surface area contributed by atoms with Gasteiger partial charge in [0.1, 0.15) is 18.1 Å². The molecule has 1 aromatic carbocycles. The van der Waals surface area contributed by atoms with Crippen molar-refractivity contribution in [3.05, 3.63) is 47.7 Å². The fourth-order valence-electron chi connectivity index (χ4n) is 1.77. The number of benzene rings is 1. The van der Waals surface area contributed by atoms with Crippen LogP contribution in [-0.2, 0) is 6.42 Å². The van der Waals surface area contributed by atoms with Crippen LogP contribution in [0.3, 0.4) is 0 Å². The Balaban J connectivity index is 2.40.